The number of fused-ring (bicyclic) bond motifs is 1. The van der Waals surface area contributed by atoms with E-state index in [0.29, 0.717) is 30.2 Å². The van der Waals surface area contributed by atoms with E-state index in [1.54, 1.807) is 7.11 Å². The van der Waals surface area contributed by atoms with Gasteiger partial charge in [-0.25, -0.2) is 0 Å². The number of hydrogen-bond acceptors (Lipinski definition) is 4. The van der Waals surface area contributed by atoms with Gasteiger partial charge < -0.3 is 19.7 Å². The Morgan fingerprint density at radius 3 is 2.50 bits per heavy atom. The first-order chi connectivity index (χ1) is 14.7. The van der Waals surface area contributed by atoms with Gasteiger partial charge in [-0.05, 0) is 47.6 Å². The fourth-order valence-corrected chi connectivity index (χ4v) is 3.47. The predicted molar refractivity (Wildman–Crippen MR) is 121 cm³/mol. The number of hydrogen-bond donors (Lipinski definition) is 1. The molecule has 0 aliphatic heterocycles. The lowest BCUT2D eigenvalue weighted by Crippen LogP contribution is -2.28. The van der Waals surface area contributed by atoms with Crippen molar-refractivity contribution in [3.8, 4) is 11.5 Å². The molecule has 0 heterocycles. The van der Waals surface area contributed by atoms with Gasteiger partial charge in [-0.2, -0.15) is 0 Å². The molecular weight excluding hydrogens is 376 g/mol. The second kappa shape index (κ2) is 10.6. The molecule has 0 aliphatic rings. The summed E-state index contributed by atoms with van der Waals surface area (Å²) in [5.74, 6) is 1.30. The number of ether oxygens (including phenoxy) is 2. The van der Waals surface area contributed by atoms with Gasteiger partial charge in [0, 0.05) is 18.7 Å². The zero-order valence-corrected chi connectivity index (χ0v) is 18.0. The van der Waals surface area contributed by atoms with E-state index in [1.807, 2.05) is 60.7 Å². The highest BCUT2D eigenvalue weighted by Gasteiger charge is 2.11. The number of carbonyl (C=O) groups excluding carboxylic acids is 1. The molecular formula is C25H30N2O3. The molecule has 30 heavy (non-hydrogen) atoms. The summed E-state index contributed by atoms with van der Waals surface area (Å²) in [6.45, 7) is 8.20. The van der Waals surface area contributed by atoms with Crippen LogP contribution in [-0.4, -0.2) is 44.2 Å². The van der Waals surface area contributed by atoms with Crippen LogP contribution in [0.25, 0.3) is 10.8 Å². The minimum Gasteiger partial charge on any atom is -0.493 e. The normalized spacial score (nSPS) is 10.9. The maximum atomic E-state index is 12.7. The zero-order valence-electron chi connectivity index (χ0n) is 18.0. The van der Waals surface area contributed by atoms with E-state index in [9.17, 15) is 4.79 Å². The summed E-state index contributed by atoms with van der Waals surface area (Å²) in [6.07, 6.45) is 0. The molecule has 0 aliphatic carbocycles. The van der Waals surface area contributed by atoms with Crippen LogP contribution in [0.4, 0.5) is 0 Å². The Morgan fingerprint density at radius 1 is 0.967 bits per heavy atom. The number of likely N-dealkylation sites (N-methyl/N-ethyl adjacent to an activating group) is 1. The van der Waals surface area contributed by atoms with Crippen LogP contribution in [0.3, 0.4) is 0 Å². The Kier molecular flexibility index (Phi) is 7.69. The Labute approximate surface area is 178 Å². The van der Waals surface area contributed by atoms with Gasteiger partial charge in [-0.1, -0.05) is 56.3 Å². The molecule has 0 saturated carbocycles. The van der Waals surface area contributed by atoms with Crippen LogP contribution >= 0.6 is 0 Å². The molecule has 0 bridgehead atoms. The first-order valence-electron chi connectivity index (χ1n) is 10.4. The Hall–Kier alpha value is -3.05. The van der Waals surface area contributed by atoms with Gasteiger partial charge in [-0.15, -0.1) is 0 Å². The predicted octanol–water partition coefficient (Wildman–Crippen LogP) is 4.50. The van der Waals surface area contributed by atoms with E-state index in [4.69, 9.17) is 9.47 Å². The summed E-state index contributed by atoms with van der Waals surface area (Å²) in [4.78, 5) is 15.1. The zero-order chi connectivity index (χ0) is 21.3. The number of carbonyl (C=O) groups is 1. The number of methoxy groups -OCH3 is 1. The van der Waals surface area contributed by atoms with Crippen LogP contribution in [0.5, 0.6) is 11.5 Å². The number of nitrogens with one attached hydrogen (secondary N) is 1. The van der Waals surface area contributed by atoms with Gasteiger partial charge in [0.2, 0.25) is 0 Å². The van der Waals surface area contributed by atoms with Crippen molar-refractivity contribution in [2.45, 2.75) is 20.4 Å². The number of benzene rings is 3. The first-order valence-corrected chi connectivity index (χ1v) is 10.4. The maximum Gasteiger partial charge on any atom is 0.252 e. The number of rotatable bonds is 10. The van der Waals surface area contributed by atoms with E-state index in [2.05, 4.69) is 24.1 Å². The molecule has 3 aromatic rings. The molecule has 1 N–H and O–H groups in total. The highest BCUT2D eigenvalue weighted by atomic mass is 16.5. The van der Waals surface area contributed by atoms with Gasteiger partial charge in [0.15, 0.2) is 11.5 Å². The van der Waals surface area contributed by atoms with Crippen LogP contribution in [0, 0.1) is 0 Å². The van der Waals surface area contributed by atoms with Crippen molar-refractivity contribution in [3.63, 3.8) is 0 Å². The maximum absolute atomic E-state index is 12.7. The molecule has 0 radical (unpaired) electrons. The molecule has 0 unspecified atom stereocenters. The lowest BCUT2D eigenvalue weighted by molar-refractivity contribution is 0.0952. The Balaban J connectivity index is 1.63. The number of amides is 1. The lowest BCUT2D eigenvalue weighted by Gasteiger charge is -2.19. The SMILES string of the molecule is CCN(CC)CCOc1ccc(CNC(=O)c2cccc3ccccc23)cc1OC. The van der Waals surface area contributed by atoms with Crippen molar-refractivity contribution in [1.29, 1.82) is 0 Å². The molecule has 0 spiro atoms. The highest BCUT2D eigenvalue weighted by molar-refractivity contribution is 6.06. The van der Waals surface area contributed by atoms with Crippen molar-refractivity contribution in [2.24, 2.45) is 0 Å². The van der Waals surface area contributed by atoms with E-state index in [-0.39, 0.29) is 5.91 Å². The summed E-state index contributed by atoms with van der Waals surface area (Å²) in [6, 6.07) is 19.4. The summed E-state index contributed by atoms with van der Waals surface area (Å²) in [5, 5.41) is 5.01. The topological polar surface area (TPSA) is 50.8 Å². The van der Waals surface area contributed by atoms with E-state index in [0.717, 1.165) is 36.0 Å². The van der Waals surface area contributed by atoms with Crippen molar-refractivity contribution >= 4 is 16.7 Å². The summed E-state index contributed by atoms with van der Waals surface area (Å²) < 4.78 is 11.4. The molecule has 3 rings (SSSR count). The summed E-state index contributed by atoms with van der Waals surface area (Å²) in [5.41, 5.74) is 1.63. The van der Waals surface area contributed by atoms with Crippen molar-refractivity contribution in [3.05, 3.63) is 71.8 Å². The van der Waals surface area contributed by atoms with Gasteiger partial charge in [0.1, 0.15) is 6.61 Å². The monoisotopic (exact) mass is 406 g/mol. The first kappa shape index (κ1) is 21.7. The van der Waals surface area contributed by atoms with E-state index >= 15 is 0 Å². The van der Waals surface area contributed by atoms with Crippen molar-refractivity contribution in [2.75, 3.05) is 33.4 Å². The Morgan fingerprint density at radius 2 is 1.73 bits per heavy atom. The second-order valence-corrected chi connectivity index (χ2v) is 7.07. The highest BCUT2D eigenvalue weighted by Crippen LogP contribution is 2.28. The Bertz CT molecular complexity index is 978. The largest absolute Gasteiger partial charge is 0.493 e. The lowest BCUT2D eigenvalue weighted by atomic mass is 10.0. The standard InChI is InChI=1S/C25H30N2O3/c1-4-27(5-2)15-16-30-23-14-13-19(17-24(23)29-3)18-26-25(28)22-12-8-10-20-9-6-7-11-21(20)22/h6-14,17H,4-5,15-16,18H2,1-3H3,(H,26,28). The minimum atomic E-state index is -0.0923. The van der Waals surface area contributed by atoms with Gasteiger partial charge >= 0.3 is 0 Å². The summed E-state index contributed by atoms with van der Waals surface area (Å²) >= 11 is 0. The quantitative estimate of drug-likeness (QED) is 0.539. The van der Waals surface area contributed by atoms with Crippen molar-refractivity contribution < 1.29 is 14.3 Å². The third-order valence-corrected chi connectivity index (χ3v) is 5.27. The molecule has 0 atom stereocenters. The van der Waals surface area contributed by atoms with Gasteiger partial charge in [0.25, 0.3) is 5.91 Å². The summed E-state index contributed by atoms with van der Waals surface area (Å²) in [7, 11) is 1.63. The second-order valence-electron chi connectivity index (χ2n) is 7.07. The van der Waals surface area contributed by atoms with Crippen LogP contribution in [0.1, 0.15) is 29.8 Å². The van der Waals surface area contributed by atoms with Crippen LogP contribution in [0.2, 0.25) is 0 Å². The molecule has 3 aromatic carbocycles. The van der Waals surface area contributed by atoms with Crippen LogP contribution in [0.15, 0.2) is 60.7 Å². The third-order valence-electron chi connectivity index (χ3n) is 5.27. The van der Waals surface area contributed by atoms with Gasteiger partial charge in [0.05, 0.1) is 7.11 Å². The molecule has 0 saturated heterocycles. The average molecular weight is 407 g/mol. The fourth-order valence-electron chi connectivity index (χ4n) is 3.47. The van der Waals surface area contributed by atoms with E-state index in [1.165, 1.54) is 0 Å². The molecule has 5 heteroatoms. The average Bonchev–Trinajstić information content (AvgIpc) is 2.80. The molecule has 5 nitrogen and oxygen atoms in total. The smallest absolute Gasteiger partial charge is 0.252 e. The minimum absolute atomic E-state index is 0.0923. The molecule has 0 fully saturated rings. The van der Waals surface area contributed by atoms with Crippen LogP contribution < -0.4 is 14.8 Å². The van der Waals surface area contributed by atoms with Crippen LogP contribution in [-0.2, 0) is 6.54 Å². The molecule has 0 aromatic heterocycles. The van der Waals surface area contributed by atoms with Gasteiger partial charge in [-0.3, -0.25) is 4.79 Å². The number of nitrogens with zero attached hydrogens (tertiary/aromatic N) is 1. The fraction of sp³-hybridized carbons (Fsp3) is 0.320. The van der Waals surface area contributed by atoms with E-state index < -0.39 is 0 Å². The molecule has 1 amide bonds. The van der Waals surface area contributed by atoms with Crippen molar-refractivity contribution in [1.82, 2.24) is 10.2 Å². The third kappa shape index (κ3) is 5.30. The molecule has 158 valence electrons.